The van der Waals surface area contributed by atoms with E-state index in [0.29, 0.717) is 23.7 Å². The number of aryl methyl sites for hydroxylation is 1. The van der Waals surface area contributed by atoms with Crippen LogP contribution >= 0.6 is 0 Å². The molecule has 0 radical (unpaired) electrons. The Bertz CT molecular complexity index is 1120. The summed E-state index contributed by atoms with van der Waals surface area (Å²) in [6, 6.07) is 14.7. The van der Waals surface area contributed by atoms with Crippen molar-refractivity contribution < 1.29 is 14.0 Å². The summed E-state index contributed by atoms with van der Waals surface area (Å²) in [4.78, 5) is 26.9. The fraction of sp³-hybridized carbons (Fsp3) is 0.320. The smallest absolute Gasteiger partial charge is 0.315 e. The van der Waals surface area contributed by atoms with Gasteiger partial charge in [0.2, 0.25) is 5.91 Å². The number of nitrogens with zero attached hydrogens (tertiary/aromatic N) is 3. The third-order valence-corrected chi connectivity index (χ3v) is 5.12. The van der Waals surface area contributed by atoms with E-state index in [0.717, 1.165) is 11.3 Å². The third kappa shape index (κ3) is 6.19. The highest BCUT2D eigenvalue weighted by Gasteiger charge is 2.23. The molecule has 7 nitrogen and oxygen atoms in total. The molecule has 0 spiro atoms. The molecule has 0 bridgehead atoms. The van der Waals surface area contributed by atoms with Crippen molar-refractivity contribution in [3.8, 4) is 5.69 Å². The van der Waals surface area contributed by atoms with E-state index in [1.807, 2.05) is 58.9 Å². The van der Waals surface area contributed by atoms with Crippen LogP contribution in [0.2, 0.25) is 0 Å². The van der Waals surface area contributed by atoms with Crippen LogP contribution < -0.4 is 10.6 Å². The number of carbonyl (C=O) groups is 2. The molecule has 8 heteroatoms. The van der Waals surface area contributed by atoms with Gasteiger partial charge in [-0.2, -0.15) is 5.10 Å². The molecule has 0 atom stereocenters. The number of urea groups is 1. The zero-order valence-corrected chi connectivity index (χ0v) is 19.6. The lowest BCUT2D eigenvalue weighted by molar-refractivity contribution is -0.116. The SMILES string of the molecule is CCN(CC(=O)Nc1cc(C(C)(C)C)nn1-c1ccc(F)cc1)C(=O)Nc1ccc(C)cc1. The minimum absolute atomic E-state index is 0.131. The number of hydrogen-bond donors (Lipinski definition) is 2. The van der Waals surface area contributed by atoms with E-state index in [1.54, 1.807) is 22.9 Å². The molecule has 0 aliphatic rings. The highest BCUT2D eigenvalue weighted by molar-refractivity contribution is 5.96. The van der Waals surface area contributed by atoms with E-state index >= 15 is 0 Å². The molecular weight excluding hydrogens is 421 g/mol. The van der Waals surface area contributed by atoms with Crippen molar-refractivity contribution in [1.29, 1.82) is 0 Å². The van der Waals surface area contributed by atoms with Crippen molar-refractivity contribution >= 4 is 23.4 Å². The van der Waals surface area contributed by atoms with Crippen LogP contribution in [0.5, 0.6) is 0 Å². The summed E-state index contributed by atoms with van der Waals surface area (Å²) < 4.78 is 15.0. The number of halogens is 1. The number of rotatable bonds is 6. The number of nitrogens with one attached hydrogen (secondary N) is 2. The zero-order valence-electron chi connectivity index (χ0n) is 19.6. The van der Waals surface area contributed by atoms with Gasteiger partial charge in [0.1, 0.15) is 18.2 Å². The molecule has 0 saturated carbocycles. The summed E-state index contributed by atoms with van der Waals surface area (Å²) >= 11 is 0. The standard InChI is InChI=1S/C25H30FN5O2/c1-6-30(24(33)27-19-11-7-17(2)8-12-19)16-23(32)28-22-15-21(25(3,4)5)29-31(22)20-13-9-18(26)10-14-20/h7-15H,6,16H2,1-5H3,(H,27,33)(H,28,32). The second-order valence-electron chi connectivity index (χ2n) is 8.91. The molecule has 0 aliphatic carbocycles. The predicted octanol–water partition coefficient (Wildman–Crippen LogP) is 5.11. The average molecular weight is 452 g/mol. The fourth-order valence-electron chi connectivity index (χ4n) is 3.14. The number of amides is 3. The minimum atomic E-state index is -0.362. The topological polar surface area (TPSA) is 79.3 Å². The van der Waals surface area contributed by atoms with Gasteiger partial charge in [-0.15, -0.1) is 0 Å². The Morgan fingerprint density at radius 1 is 1.03 bits per heavy atom. The van der Waals surface area contributed by atoms with Crippen molar-refractivity contribution in [3.63, 3.8) is 0 Å². The molecule has 0 fully saturated rings. The van der Waals surface area contributed by atoms with Gasteiger partial charge in [-0.1, -0.05) is 38.5 Å². The number of hydrogen-bond acceptors (Lipinski definition) is 3. The Balaban J connectivity index is 1.76. The van der Waals surface area contributed by atoms with Gasteiger partial charge in [-0.25, -0.2) is 13.9 Å². The van der Waals surface area contributed by atoms with Crippen LogP contribution in [0.1, 0.15) is 39.0 Å². The van der Waals surface area contributed by atoms with Gasteiger partial charge in [0.25, 0.3) is 0 Å². The summed E-state index contributed by atoms with van der Waals surface area (Å²) in [7, 11) is 0. The molecule has 3 aromatic rings. The lowest BCUT2D eigenvalue weighted by Crippen LogP contribution is -2.40. The van der Waals surface area contributed by atoms with E-state index in [4.69, 9.17) is 0 Å². The van der Waals surface area contributed by atoms with Gasteiger partial charge in [0.15, 0.2) is 0 Å². The molecule has 1 heterocycles. The lowest BCUT2D eigenvalue weighted by atomic mass is 9.92. The predicted molar refractivity (Wildman–Crippen MR) is 128 cm³/mol. The van der Waals surface area contributed by atoms with E-state index in [-0.39, 0.29) is 29.7 Å². The molecule has 2 aromatic carbocycles. The largest absolute Gasteiger partial charge is 0.322 e. The Morgan fingerprint density at radius 2 is 1.67 bits per heavy atom. The van der Waals surface area contributed by atoms with Crippen LogP contribution in [0.3, 0.4) is 0 Å². The highest BCUT2D eigenvalue weighted by Crippen LogP contribution is 2.26. The van der Waals surface area contributed by atoms with Crippen LogP contribution in [-0.4, -0.2) is 39.7 Å². The monoisotopic (exact) mass is 451 g/mol. The van der Waals surface area contributed by atoms with Crippen LogP contribution in [-0.2, 0) is 10.2 Å². The van der Waals surface area contributed by atoms with Crippen LogP contribution in [0.25, 0.3) is 5.69 Å². The Morgan fingerprint density at radius 3 is 2.24 bits per heavy atom. The first kappa shape index (κ1) is 24.0. The molecular formula is C25H30FN5O2. The maximum atomic E-state index is 13.4. The van der Waals surface area contributed by atoms with Crippen molar-refractivity contribution in [2.24, 2.45) is 0 Å². The van der Waals surface area contributed by atoms with Crippen molar-refractivity contribution in [2.45, 2.75) is 40.0 Å². The van der Waals surface area contributed by atoms with Crippen molar-refractivity contribution in [2.75, 3.05) is 23.7 Å². The first-order valence-corrected chi connectivity index (χ1v) is 10.9. The van der Waals surface area contributed by atoms with Gasteiger partial charge < -0.3 is 15.5 Å². The second-order valence-corrected chi connectivity index (χ2v) is 8.91. The summed E-state index contributed by atoms with van der Waals surface area (Å²) in [5.74, 6) is -0.267. The Kier molecular flexibility index (Phi) is 7.16. The van der Waals surface area contributed by atoms with Crippen molar-refractivity contribution in [3.05, 3.63) is 71.7 Å². The van der Waals surface area contributed by atoms with E-state index < -0.39 is 0 Å². The van der Waals surface area contributed by atoms with Crippen LogP contribution in [0, 0.1) is 12.7 Å². The molecule has 33 heavy (non-hydrogen) atoms. The summed E-state index contributed by atoms with van der Waals surface area (Å²) in [6.07, 6.45) is 0. The molecule has 174 valence electrons. The molecule has 1 aromatic heterocycles. The highest BCUT2D eigenvalue weighted by atomic mass is 19.1. The molecule has 2 N–H and O–H groups in total. The fourth-order valence-corrected chi connectivity index (χ4v) is 3.14. The van der Waals surface area contributed by atoms with Gasteiger partial charge in [0, 0.05) is 23.7 Å². The average Bonchev–Trinajstić information content (AvgIpc) is 3.18. The zero-order chi connectivity index (χ0) is 24.2. The quantitative estimate of drug-likeness (QED) is 0.547. The number of anilines is 2. The molecule has 0 saturated heterocycles. The minimum Gasteiger partial charge on any atom is -0.315 e. The number of benzene rings is 2. The van der Waals surface area contributed by atoms with Crippen LogP contribution in [0.15, 0.2) is 54.6 Å². The van der Waals surface area contributed by atoms with E-state index in [1.165, 1.54) is 17.0 Å². The summed E-state index contributed by atoms with van der Waals surface area (Å²) in [5.41, 5.74) is 2.88. The molecule has 0 aliphatic heterocycles. The summed E-state index contributed by atoms with van der Waals surface area (Å²) in [5, 5.41) is 10.3. The van der Waals surface area contributed by atoms with Gasteiger partial charge >= 0.3 is 6.03 Å². The van der Waals surface area contributed by atoms with Crippen LogP contribution in [0.4, 0.5) is 20.7 Å². The van der Waals surface area contributed by atoms with E-state index in [2.05, 4.69) is 15.7 Å². The van der Waals surface area contributed by atoms with Gasteiger partial charge in [-0.05, 0) is 50.2 Å². The van der Waals surface area contributed by atoms with Gasteiger partial charge in [-0.3, -0.25) is 4.79 Å². The third-order valence-electron chi connectivity index (χ3n) is 5.12. The first-order valence-electron chi connectivity index (χ1n) is 10.9. The van der Waals surface area contributed by atoms with Crippen molar-refractivity contribution in [1.82, 2.24) is 14.7 Å². The lowest BCUT2D eigenvalue weighted by Gasteiger charge is -2.21. The Hall–Kier alpha value is -3.68. The Labute approximate surface area is 193 Å². The molecule has 3 rings (SSSR count). The molecule has 0 unspecified atom stereocenters. The number of aromatic nitrogens is 2. The molecule has 3 amide bonds. The number of carbonyl (C=O) groups excluding carboxylic acids is 2. The normalized spacial score (nSPS) is 11.2. The second kappa shape index (κ2) is 9.85. The maximum Gasteiger partial charge on any atom is 0.322 e. The maximum absolute atomic E-state index is 13.4. The number of likely N-dealkylation sites (N-methyl/N-ethyl adjacent to an activating group) is 1. The summed E-state index contributed by atoms with van der Waals surface area (Å²) in [6.45, 7) is 10.1. The first-order chi connectivity index (χ1) is 15.6. The van der Waals surface area contributed by atoms with E-state index in [9.17, 15) is 14.0 Å². The van der Waals surface area contributed by atoms with Gasteiger partial charge in [0.05, 0.1) is 11.4 Å².